The zero-order valence-corrected chi connectivity index (χ0v) is 19.5. The molecule has 2 N–H and O–H groups in total. The van der Waals surface area contributed by atoms with Gasteiger partial charge < -0.3 is 15.4 Å². The van der Waals surface area contributed by atoms with Crippen molar-refractivity contribution in [1.82, 2.24) is 14.8 Å². The summed E-state index contributed by atoms with van der Waals surface area (Å²) in [5, 5.41) is 10.9. The first-order valence-corrected chi connectivity index (χ1v) is 11.5. The fourth-order valence-corrected chi connectivity index (χ4v) is 4.60. The van der Waals surface area contributed by atoms with Crippen molar-refractivity contribution in [3.05, 3.63) is 53.0 Å². The van der Waals surface area contributed by atoms with Crippen LogP contribution in [-0.4, -0.2) is 32.7 Å². The van der Waals surface area contributed by atoms with Crippen LogP contribution in [0.1, 0.15) is 42.0 Å². The minimum atomic E-state index is -0.556. The number of carbonyl (C=O) groups excluding carboxylic acids is 2. The molecule has 0 fully saturated rings. The van der Waals surface area contributed by atoms with Crippen molar-refractivity contribution in [1.29, 1.82) is 0 Å². The summed E-state index contributed by atoms with van der Waals surface area (Å²) in [5.74, 6) is 0.0652. The van der Waals surface area contributed by atoms with Gasteiger partial charge >= 0.3 is 0 Å². The number of benzene rings is 1. The molecule has 1 aromatic carbocycles. The van der Waals surface area contributed by atoms with Gasteiger partial charge in [0.25, 0.3) is 11.8 Å². The second-order valence-electron chi connectivity index (χ2n) is 8.30. The SMILES string of the molecule is Cc1ccc(-c2cc(C(=O)Nc3ccc4c(c3)NC(=O)C(C)O4)c3cnn(C(C)C)c3n2)s1. The normalized spacial score (nSPS) is 15.3. The zero-order chi connectivity index (χ0) is 23.3. The van der Waals surface area contributed by atoms with Crippen molar-refractivity contribution >= 4 is 45.6 Å². The molecule has 168 valence electrons. The summed E-state index contributed by atoms with van der Waals surface area (Å²) in [6, 6.07) is 11.1. The number of rotatable bonds is 4. The van der Waals surface area contributed by atoms with E-state index in [2.05, 4.69) is 15.7 Å². The number of aryl methyl sites for hydroxylation is 1. The van der Waals surface area contributed by atoms with E-state index < -0.39 is 6.10 Å². The first kappa shape index (κ1) is 21.1. The van der Waals surface area contributed by atoms with Crippen LogP contribution in [0.5, 0.6) is 5.75 Å². The van der Waals surface area contributed by atoms with Crippen molar-refractivity contribution < 1.29 is 14.3 Å². The quantitative estimate of drug-likeness (QED) is 0.445. The van der Waals surface area contributed by atoms with Gasteiger partial charge in [0.05, 0.1) is 33.4 Å². The van der Waals surface area contributed by atoms with Gasteiger partial charge in [-0.15, -0.1) is 11.3 Å². The number of hydrogen-bond acceptors (Lipinski definition) is 6. The lowest BCUT2D eigenvalue weighted by atomic mass is 10.1. The highest BCUT2D eigenvalue weighted by molar-refractivity contribution is 7.15. The standard InChI is InChI=1S/C24H23N5O3S/c1-12(2)29-22-17(11-25-29)16(10-19(27-22)21-8-5-13(3)33-21)24(31)26-15-6-7-20-18(9-15)28-23(30)14(4)32-20/h5-12,14H,1-4H3,(H,26,31)(H,28,30). The lowest BCUT2D eigenvalue weighted by Gasteiger charge is -2.23. The zero-order valence-electron chi connectivity index (χ0n) is 18.7. The molecule has 2 amide bonds. The van der Waals surface area contributed by atoms with Crippen LogP contribution >= 0.6 is 11.3 Å². The molecule has 4 heterocycles. The second-order valence-corrected chi connectivity index (χ2v) is 9.59. The van der Waals surface area contributed by atoms with E-state index in [1.54, 1.807) is 48.7 Å². The molecular formula is C24H23N5O3S. The monoisotopic (exact) mass is 461 g/mol. The van der Waals surface area contributed by atoms with E-state index in [1.807, 2.05) is 37.6 Å². The summed E-state index contributed by atoms with van der Waals surface area (Å²) in [7, 11) is 0. The molecule has 33 heavy (non-hydrogen) atoms. The summed E-state index contributed by atoms with van der Waals surface area (Å²) in [4.78, 5) is 32.3. The second kappa shape index (κ2) is 8.00. The third-order valence-electron chi connectivity index (χ3n) is 5.46. The number of ether oxygens (including phenoxy) is 1. The number of nitrogens with one attached hydrogen (secondary N) is 2. The Hall–Kier alpha value is -3.72. The van der Waals surface area contributed by atoms with Crippen LogP contribution in [0.4, 0.5) is 11.4 Å². The number of thiophene rings is 1. The molecule has 8 nitrogen and oxygen atoms in total. The van der Waals surface area contributed by atoms with Crippen LogP contribution in [0, 0.1) is 6.92 Å². The van der Waals surface area contributed by atoms with Gasteiger partial charge in [-0.25, -0.2) is 9.67 Å². The maximum absolute atomic E-state index is 13.4. The molecule has 1 unspecified atom stereocenters. The van der Waals surface area contributed by atoms with Crippen molar-refractivity contribution in [3.8, 4) is 16.3 Å². The molecule has 0 saturated carbocycles. The third kappa shape index (κ3) is 3.84. The highest BCUT2D eigenvalue weighted by Gasteiger charge is 2.24. The fraction of sp³-hybridized carbons (Fsp3) is 0.250. The Kier molecular flexibility index (Phi) is 5.13. The van der Waals surface area contributed by atoms with Gasteiger partial charge in [0.15, 0.2) is 11.8 Å². The van der Waals surface area contributed by atoms with Gasteiger partial charge in [-0.2, -0.15) is 5.10 Å². The van der Waals surface area contributed by atoms with Crippen molar-refractivity contribution in [2.75, 3.05) is 10.6 Å². The number of nitrogens with zero attached hydrogens (tertiary/aromatic N) is 3. The Bertz CT molecular complexity index is 1400. The van der Waals surface area contributed by atoms with Gasteiger partial charge in [-0.05, 0) is 64.1 Å². The Morgan fingerprint density at radius 3 is 2.79 bits per heavy atom. The Morgan fingerprint density at radius 1 is 1.24 bits per heavy atom. The van der Waals surface area contributed by atoms with Gasteiger partial charge in [-0.3, -0.25) is 9.59 Å². The van der Waals surface area contributed by atoms with E-state index in [9.17, 15) is 9.59 Å². The maximum Gasteiger partial charge on any atom is 0.265 e. The average molecular weight is 462 g/mol. The van der Waals surface area contributed by atoms with E-state index in [4.69, 9.17) is 9.72 Å². The molecule has 1 atom stereocenters. The van der Waals surface area contributed by atoms with Crippen LogP contribution in [0.25, 0.3) is 21.6 Å². The number of hydrogen-bond donors (Lipinski definition) is 2. The minimum absolute atomic E-state index is 0.0953. The molecule has 0 spiro atoms. The molecule has 0 aliphatic carbocycles. The van der Waals surface area contributed by atoms with Crippen LogP contribution in [0.2, 0.25) is 0 Å². The van der Waals surface area contributed by atoms with Gasteiger partial charge in [0, 0.05) is 16.6 Å². The highest BCUT2D eigenvalue weighted by Crippen LogP contribution is 2.34. The van der Waals surface area contributed by atoms with Crippen LogP contribution < -0.4 is 15.4 Å². The Morgan fingerprint density at radius 2 is 2.06 bits per heavy atom. The number of anilines is 2. The molecule has 3 aromatic heterocycles. The Balaban J connectivity index is 1.54. The van der Waals surface area contributed by atoms with E-state index in [0.717, 1.165) is 10.6 Å². The number of fused-ring (bicyclic) bond motifs is 2. The van der Waals surface area contributed by atoms with Gasteiger partial charge in [-0.1, -0.05) is 0 Å². The van der Waals surface area contributed by atoms with E-state index in [-0.39, 0.29) is 17.9 Å². The van der Waals surface area contributed by atoms with E-state index in [0.29, 0.717) is 33.7 Å². The minimum Gasteiger partial charge on any atom is -0.479 e. The van der Waals surface area contributed by atoms with Crippen molar-refractivity contribution in [3.63, 3.8) is 0 Å². The molecular weight excluding hydrogens is 438 g/mol. The molecule has 0 bridgehead atoms. The number of pyridine rings is 1. The molecule has 0 radical (unpaired) electrons. The molecule has 1 aliphatic heterocycles. The van der Waals surface area contributed by atoms with Crippen molar-refractivity contribution in [2.45, 2.75) is 39.8 Å². The summed E-state index contributed by atoms with van der Waals surface area (Å²) < 4.78 is 7.42. The summed E-state index contributed by atoms with van der Waals surface area (Å²) in [6.07, 6.45) is 1.13. The summed E-state index contributed by atoms with van der Waals surface area (Å²) >= 11 is 1.63. The maximum atomic E-state index is 13.4. The van der Waals surface area contributed by atoms with E-state index in [1.165, 1.54) is 4.88 Å². The topological polar surface area (TPSA) is 98.1 Å². The van der Waals surface area contributed by atoms with Gasteiger partial charge in [0.2, 0.25) is 0 Å². The highest BCUT2D eigenvalue weighted by atomic mass is 32.1. The fourth-order valence-electron chi connectivity index (χ4n) is 3.77. The number of aromatic nitrogens is 3. The van der Waals surface area contributed by atoms with E-state index >= 15 is 0 Å². The van der Waals surface area contributed by atoms with Crippen LogP contribution in [0.3, 0.4) is 0 Å². The molecule has 1 aliphatic rings. The number of carbonyl (C=O) groups is 2. The first-order valence-electron chi connectivity index (χ1n) is 10.7. The van der Waals surface area contributed by atoms with Crippen LogP contribution in [-0.2, 0) is 4.79 Å². The lowest BCUT2D eigenvalue weighted by molar-refractivity contribution is -0.122. The third-order valence-corrected chi connectivity index (χ3v) is 6.48. The smallest absolute Gasteiger partial charge is 0.265 e. The summed E-state index contributed by atoms with van der Waals surface area (Å²) in [6.45, 7) is 7.78. The summed E-state index contributed by atoms with van der Waals surface area (Å²) in [5.41, 5.74) is 2.96. The molecule has 5 rings (SSSR count). The molecule has 4 aromatic rings. The molecule has 0 saturated heterocycles. The predicted octanol–water partition coefficient (Wildman–Crippen LogP) is 5.02. The number of amides is 2. The van der Waals surface area contributed by atoms with Crippen LogP contribution in [0.15, 0.2) is 42.6 Å². The lowest BCUT2D eigenvalue weighted by Crippen LogP contribution is -2.34. The Labute approximate surface area is 194 Å². The first-order chi connectivity index (χ1) is 15.8. The average Bonchev–Trinajstić information content (AvgIpc) is 3.40. The van der Waals surface area contributed by atoms with Gasteiger partial charge in [0.1, 0.15) is 5.75 Å². The molecule has 9 heteroatoms. The predicted molar refractivity (Wildman–Crippen MR) is 129 cm³/mol. The van der Waals surface area contributed by atoms with Crippen molar-refractivity contribution in [2.24, 2.45) is 0 Å². The largest absolute Gasteiger partial charge is 0.479 e.